The third-order valence-corrected chi connectivity index (χ3v) is 8.48. The fourth-order valence-corrected chi connectivity index (χ4v) is 6.23. The molecule has 0 N–H and O–H groups in total. The van der Waals surface area contributed by atoms with E-state index in [1.54, 1.807) is 30.1 Å². The van der Waals surface area contributed by atoms with Gasteiger partial charge in [0, 0.05) is 33.2 Å². The molecule has 0 radical (unpaired) electrons. The predicted molar refractivity (Wildman–Crippen MR) is 129 cm³/mol. The Morgan fingerprint density at radius 3 is 2.58 bits per heavy atom. The van der Waals surface area contributed by atoms with Gasteiger partial charge >= 0.3 is 0 Å². The molecule has 0 bridgehead atoms. The lowest BCUT2D eigenvalue weighted by molar-refractivity contribution is -0.127. The Morgan fingerprint density at radius 2 is 1.88 bits per heavy atom. The molecule has 1 aliphatic rings. The molecule has 0 unspecified atom stereocenters. The zero-order valence-corrected chi connectivity index (χ0v) is 20.4. The number of carbonyl (C=O) groups is 1. The number of hydrogen-bond donors (Lipinski definition) is 0. The number of benzene rings is 2. The van der Waals surface area contributed by atoms with Gasteiger partial charge in [-0.2, -0.15) is 4.31 Å². The van der Waals surface area contributed by atoms with Crippen LogP contribution in [0.5, 0.6) is 0 Å². The normalized spacial score (nSPS) is 15.1. The van der Waals surface area contributed by atoms with Crippen LogP contribution >= 0.6 is 11.8 Å². The lowest BCUT2D eigenvalue weighted by atomic mass is 10.2. The first-order valence-corrected chi connectivity index (χ1v) is 13.3. The maximum absolute atomic E-state index is 13.0. The molecular weight excluding hydrogens is 460 g/mol. The van der Waals surface area contributed by atoms with Gasteiger partial charge in [0.05, 0.1) is 34.9 Å². The van der Waals surface area contributed by atoms with Gasteiger partial charge in [-0.15, -0.1) is 0 Å². The van der Waals surface area contributed by atoms with E-state index in [0.29, 0.717) is 50.1 Å². The second kappa shape index (κ2) is 10.3. The molecule has 3 aromatic rings. The monoisotopic (exact) mass is 488 g/mol. The minimum Gasteiger partial charge on any atom is -0.379 e. The van der Waals surface area contributed by atoms with Crippen molar-refractivity contribution >= 4 is 38.7 Å². The van der Waals surface area contributed by atoms with Crippen LogP contribution in [0.25, 0.3) is 11.0 Å². The van der Waals surface area contributed by atoms with Crippen molar-refractivity contribution in [3.63, 3.8) is 0 Å². The number of morpholine rings is 1. The van der Waals surface area contributed by atoms with Gasteiger partial charge in [-0.25, -0.2) is 13.4 Å². The fraction of sp³-hybridized carbons (Fsp3) is 0.391. The molecule has 0 aliphatic carbocycles. The molecule has 1 saturated heterocycles. The van der Waals surface area contributed by atoms with Crippen molar-refractivity contribution < 1.29 is 17.9 Å². The van der Waals surface area contributed by atoms with E-state index in [4.69, 9.17) is 4.74 Å². The van der Waals surface area contributed by atoms with E-state index in [9.17, 15) is 13.2 Å². The van der Waals surface area contributed by atoms with Crippen molar-refractivity contribution in [3.05, 3.63) is 54.1 Å². The Morgan fingerprint density at radius 1 is 1.15 bits per heavy atom. The Kier molecular flexibility index (Phi) is 7.38. The van der Waals surface area contributed by atoms with Crippen LogP contribution < -0.4 is 0 Å². The number of imidazole rings is 1. The second-order valence-corrected chi connectivity index (χ2v) is 10.7. The molecule has 1 aromatic heterocycles. The maximum atomic E-state index is 13.0. The molecule has 33 heavy (non-hydrogen) atoms. The highest BCUT2D eigenvalue weighted by Crippen LogP contribution is 2.27. The molecule has 0 atom stereocenters. The lowest BCUT2D eigenvalue weighted by Gasteiger charge is -2.26. The zero-order chi connectivity index (χ0) is 23.4. The molecule has 2 heterocycles. The van der Waals surface area contributed by atoms with Crippen LogP contribution in [-0.4, -0.2) is 72.2 Å². The van der Waals surface area contributed by atoms with Gasteiger partial charge in [-0.3, -0.25) is 4.79 Å². The standard InChI is InChI=1S/C23H28N4O4S2/c1-3-27-21-10-9-19(33(29,30)26-11-13-31-14-12-26)15-20(21)24-23(27)32-17-22(28)25(2)16-18-7-5-4-6-8-18/h4-10,15H,3,11-14,16-17H2,1-2H3. The number of carbonyl (C=O) groups excluding carboxylic acids is 1. The SMILES string of the molecule is CCn1c(SCC(=O)N(C)Cc2ccccc2)nc2cc(S(=O)(=O)N3CCOCC3)ccc21. The first-order chi connectivity index (χ1) is 15.9. The Balaban J connectivity index is 1.50. The number of aromatic nitrogens is 2. The van der Waals surface area contributed by atoms with Gasteiger partial charge in [0.25, 0.3) is 0 Å². The first-order valence-electron chi connectivity index (χ1n) is 10.9. The van der Waals surface area contributed by atoms with Gasteiger partial charge in [-0.1, -0.05) is 42.1 Å². The van der Waals surface area contributed by atoms with Gasteiger partial charge in [0.1, 0.15) is 0 Å². The average molecular weight is 489 g/mol. The summed E-state index contributed by atoms with van der Waals surface area (Å²) in [4.78, 5) is 19.3. The van der Waals surface area contributed by atoms with E-state index in [-0.39, 0.29) is 16.6 Å². The largest absolute Gasteiger partial charge is 0.379 e. The van der Waals surface area contributed by atoms with Crippen LogP contribution in [0.4, 0.5) is 0 Å². The highest BCUT2D eigenvalue weighted by Gasteiger charge is 2.27. The number of thioether (sulfide) groups is 1. The van der Waals surface area contributed by atoms with Gasteiger partial charge in [0.2, 0.25) is 15.9 Å². The summed E-state index contributed by atoms with van der Waals surface area (Å²) in [6.07, 6.45) is 0. The number of rotatable bonds is 8. The summed E-state index contributed by atoms with van der Waals surface area (Å²) in [5.41, 5.74) is 2.54. The number of sulfonamides is 1. The van der Waals surface area contributed by atoms with E-state index >= 15 is 0 Å². The molecule has 1 fully saturated rings. The van der Waals surface area contributed by atoms with Crippen LogP contribution in [0.15, 0.2) is 58.6 Å². The molecule has 1 aliphatic heterocycles. The number of fused-ring (bicyclic) bond motifs is 1. The van der Waals surface area contributed by atoms with E-state index in [1.807, 2.05) is 41.8 Å². The third kappa shape index (κ3) is 5.24. The smallest absolute Gasteiger partial charge is 0.243 e. The lowest BCUT2D eigenvalue weighted by Crippen LogP contribution is -2.40. The van der Waals surface area contributed by atoms with Crippen LogP contribution in [0.1, 0.15) is 12.5 Å². The summed E-state index contributed by atoms with van der Waals surface area (Å²) in [7, 11) is -1.80. The molecule has 8 nitrogen and oxygen atoms in total. The first kappa shape index (κ1) is 23.7. The summed E-state index contributed by atoms with van der Waals surface area (Å²) in [5, 5.41) is 0.704. The van der Waals surface area contributed by atoms with Crippen LogP contribution in [0.2, 0.25) is 0 Å². The zero-order valence-electron chi connectivity index (χ0n) is 18.8. The number of amides is 1. The fourth-order valence-electron chi connectivity index (χ4n) is 3.78. The number of ether oxygens (including phenoxy) is 1. The number of nitrogens with zero attached hydrogens (tertiary/aromatic N) is 4. The number of hydrogen-bond acceptors (Lipinski definition) is 6. The summed E-state index contributed by atoms with van der Waals surface area (Å²) in [5.74, 6) is 0.264. The van der Waals surface area contributed by atoms with Gasteiger partial charge in [0.15, 0.2) is 5.16 Å². The van der Waals surface area contributed by atoms with Crippen molar-refractivity contribution in [2.75, 3.05) is 39.1 Å². The molecule has 0 spiro atoms. The average Bonchev–Trinajstić information content (AvgIpc) is 3.20. The molecule has 10 heteroatoms. The second-order valence-electron chi connectivity index (χ2n) is 7.83. The highest BCUT2D eigenvalue weighted by molar-refractivity contribution is 7.99. The summed E-state index contributed by atoms with van der Waals surface area (Å²) in [6, 6.07) is 14.9. The summed E-state index contributed by atoms with van der Waals surface area (Å²) >= 11 is 1.37. The van der Waals surface area contributed by atoms with Crippen molar-refractivity contribution in [3.8, 4) is 0 Å². The van der Waals surface area contributed by atoms with Crippen LogP contribution in [0.3, 0.4) is 0 Å². The third-order valence-electron chi connectivity index (χ3n) is 5.62. The van der Waals surface area contributed by atoms with E-state index < -0.39 is 10.0 Å². The molecule has 1 amide bonds. The molecule has 0 saturated carbocycles. The van der Waals surface area contributed by atoms with Gasteiger partial charge < -0.3 is 14.2 Å². The van der Waals surface area contributed by atoms with Gasteiger partial charge in [-0.05, 0) is 30.7 Å². The Labute approximate surface area is 198 Å². The molecule has 2 aromatic carbocycles. The molecular formula is C23H28N4O4S2. The topological polar surface area (TPSA) is 84.7 Å². The Hall–Kier alpha value is -2.40. The number of aryl methyl sites for hydroxylation is 1. The van der Waals surface area contributed by atoms with Crippen molar-refractivity contribution in [1.82, 2.24) is 18.8 Å². The van der Waals surface area contributed by atoms with E-state index in [0.717, 1.165) is 11.1 Å². The quantitative estimate of drug-likeness (QED) is 0.454. The van der Waals surface area contributed by atoms with Crippen molar-refractivity contribution in [2.45, 2.75) is 30.1 Å². The molecule has 4 rings (SSSR count). The Bertz CT molecular complexity index is 1220. The predicted octanol–water partition coefficient (Wildman–Crippen LogP) is 2.83. The summed E-state index contributed by atoms with van der Waals surface area (Å²) in [6.45, 7) is 4.73. The molecule has 176 valence electrons. The van der Waals surface area contributed by atoms with E-state index in [1.165, 1.54) is 16.1 Å². The van der Waals surface area contributed by atoms with Crippen molar-refractivity contribution in [2.24, 2.45) is 0 Å². The van der Waals surface area contributed by atoms with Crippen molar-refractivity contribution in [1.29, 1.82) is 0 Å². The van der Waals surface area contributed by atoms with E-state index in [2.05, 4.69) is 4.98 Å². The highest BCUT2D eigenvalue weighted by atomic mass is 32.2. The summed E-state index contributed by atoms with van der Waals surface area (Å²) < 4.78 is 34.8. The maximum Gasteiger partial charge on any atom is 0.243 e. The van der Waals surface area contributed by atoms with Crippen LogP contribution in [0, 0.1) is 0 Å². The van der Waals surface area contributed by atoms with Crippen LogP contribution in [-0.2, 0) is 32.6 Å². The minimum atomic E-state index is -3.59. The minimum absolute atomic E-state index is 0.00847.